The maximum Gasteiger partial charge on any atom is 0.286 e. The molecule has 5 aromatic rings. The maximum absolute atomic E-state index is 14.1. The lowest BCUT2D eigenvalue weighted by Gasteiger charge is -2.18. The van der Waals surface area contributed by atoms with Gasteiger partial charge in [0.1, 0.15) is 29.2 Å². The van der Waals surface area contributed by atoms with Crippen molar-refractivity contribution in [1.82, 2.24) is 30.0 Å². The Balaban J connectivity index is 1.10. The number of nitrogens with one attached hydrogen (secondary N) is 2. The molecule has 40 heavy (non-hydrogen) atoms. The number of amides is 2. The largest absolute Gasteiger partial charge is 0.384 e. The van der Waals surface area contributed by atoms with Crippen molar-refractivity contribution in [3.8, 4) is 10.6 Å². The number of aromatic nitrogens is 5. The van der Waals surface area contributed by atoms with E-state index in [2.05, 4.69) is 30.8 Å². The van der Waals surface area contributed by atoms with Gasteiger partial charge in [0.25, 0.3) is 11.5 Å². The van der Waals surface area contributed by atoms with E-state index in [1.165, 1.54) is 28.2 Å². The number of benzene rings is 1. The second kappa shape index (κ2) is 9.27. The molecule has 4 N–H and O–H groups in total. The van der Waals surface area contributed by atoms with Gasteiger partial charge in [-0.1, -0.05) is 23.5 Å². The predicted molar refractivity (Wildman–Crippen MR) is 148 cm³/mol. The quantitative estimate of drug-likeness (QED) is 0.279. The average Bonchev–Trinajstić information content (AvgIpc) is 3.26. The number of carbonyl (C=O) groups excluding carboxylic acids is 2. The van der Waals surface area contributed by atoms with Crippen LogP contribution in [0.2, 0.25) is 0 Å². The van der Waals surface area contributed by atoms with Crippen molar-refractivity contribution >= 4 is 56.1 Å². The lowest BCUT2D eigenvalue weighted by atomic mass is 10.1. The van der Waals surface area contributed by atoms with E-state index < -0.39 is 23.3 Å². The minimum absolute atomic E-state index is 0.0240. The highest BCUT2D eigenvalue weighted by Crippen LogP contribution is 2.58. The van der Waals surface area contributed by atoms with Gasteiger partial charge in [-0.05, 0) is 36.6 Å². The molecule has 1 fully saturated rings. The molecule has 0 spiro atoms. The molecule has 0 radical (unpaired) electrons. The molecule has 7 rings (SSSR count). The van der Waals surface area contributed by atoms with E-state index in [1.807, 2.05) is 6.07 Å². The van der Waals surface area contributed by atoms with Crippen molar-refractivity contribution in [2.45, 2.75) is 24.9 Å². The number of nitrogens with two attached hydrogens (primary N) is 1. The summed E-state index contributed by atoms with van der Waals surface area (Å²) in [7, 11) is 0. The van der Waals surface area contributed by atoms with Crippen LogP contribution < -0.4 is 21.9 Å². The monoisotopic (exact) mass is 574 g/mol. The molecule has 1 aromatic carbocycles. The van der Waals surface area contributed by atoms with Crippen LogP contribution in [0.3, 0.4) is 0 Å². The van der Waals surface area contributed by atoms with Gasteiger partial charge in [0.15, 0.2) is 5.01 Å². The van der Waals surface area contributed by atoms with E-state index in [9.17, 15) is 18.8 Å². The van der Waals surface area contributed by atoms with Crippen LogP contribution in [0.15, 0.2) is 53.6 Å². The SMILES string of the molecule is Nc1cc2sc(CNC(=O)[C@@H]3[C@@H]4C[C@@H]4c4ncc(NC(=O)c5nnc(-c6ccccc6F)s5)c(=O)n43)cc2cn1. The molecule has 0 saturated heterocycles. The zero-order chi connectivity index (χ0) is 27.5. The van der Waals surface area contributed by atoms with Crippen LogP contribution in [0.25, 0.3) is 20.7 Å². The van der Waals surface area contributed by atoms with Gasteiger partial charge < -0.3 is 16.4 Å². The van der Waals surface area contributed by atoms with Crippen LogP contribution in [0, 0.1) is 11.7 Å². The van der Waals surface area contributed by atoms with Gasteiger partial charge in [0.05, 0.1) is 12.7 Å². The summed E-state index contributed by atoms with van der Waals surface area (Å²) in [4.78, 5) is 49.0. The number of carbonyl (C=O) groups is 2. The molecule has 200 valence electrons. The third-order valence-electron chi connectivity index (χ3n) is 7.03. The summed E-state index contributed by atoms with van der Waals surface area (Å²) in [5, 5.41) is 14.4. The Morgan fingerprint density at radius 3 is 2.83 bits per heavy atom. The fourth-order valence-electron chi connectivity index (χ4n) is 5.08. The highest BCUT2D eigenvalue weighted by molar-refractivity contribution is 7.19. The normalized spacial score (nSPS) is 18.8. The number of hydrogen-bond acceptors (Lipinski definition) is 10. The smallest absolute Gasteiger partial charge is 0.286 e. The van der Waals surface area contributed by atoms with E-state index in [-0.39, 0.29) is 39.0 Å². The van der Waals surface area contributed by atoms with Crippen LogP contribution in [-0.2, 0) is 11.3 Å². The van der Waals surface area contributed by atoms with Gasteiger partial charge in [-0.3, -0.25) is 19.0 Å². The van der Waals surface area contributed by atoms with Crippen LogP contribution in [0.1, 0.15) is 38.9 Å². The first-order valence-electron chi connectivity index (χ1n) is 12.3. The Hall–Kier alpha value is -4.56. The first kappa shape index (κ1) is 24.5. The molecule has 4 aromatic heterocycles. The number of rotatable bonds is 6. The molecule has 0 bridgehead atoms. The minimum Gasteiger partial charge on any atom is -0.384 e. The van der Waals surface area contributed by atoms with E-state index in [0.717, 1.165) is 32.7 Å². The maximum atomic E-state index is 14.1. The topological polar surface area (TPSA) is 158 Å². The summed E-state index contributed by atoms with van der Waals surface area (Å²) in [5.74, 6) is -0.477. The number of anilines is 2. The summed E-state index contributed by atoms with van der Waals surface area (Å²) in [5.41, 5.74) is 5.39. The Morgan fingerprint density at radius 2 is 1.98 bits per heavy atom. The zero-order valence-electron chi connectivity index (χ0n) is 20.5. The minimum atomic E-state index is -0.724. The lowest BCUT2D eigenvalue weighted by Crippen LogP contribution is -2.38. The Labute approximate surface area is 232 Å². The summed E-state index contributed by atoms with van der Waals surface area (Å²) < 4.78 is 16.5. The van der Waals surface area contributed by atoms with Crippen molar-refractivity contribution in [1.29, 1.82) is 0 Å². The van der Waals surface area contributed by atoms with E-state index in [0.29, 0.717) is 18.2 Å². The first-order chi connectivity index (χ1) is 19.4. The lowest BCUT2D eigenvalue weighted by molar-refractivity contribution is -0.124. The summed E-state index contributed by atoms with van der Waals surface area (Å²) >= 11 is 2.41. The van der Waals surface area contributed by atoms with Gasteiger partial charge in [0, 0.05) is 32.6 Å². The molecule has 1 aliphatic heterocycles. The highest BCUT2D eigenvalue weighted by Gasteiger charge is 2.56. The van der Waals surface area contributed by atoms with Crippen molar-refractivity contribution in [2.24, 2.45) is 5.92 Å². The molecule has 5 heterocycles. The summed E-state index contributed by atoms with van der Waals surface area (Å²) in [6.07, 6.45) is 3.77. The Bertz CT molecular complexity index is 1900. The molecule has 11 nitrogen and oxygen atoms in total. The van der Waals surface area contributed by atoms with Crippen molar-refractivity contribution < 1.29 is 14.0 Å². The molecular formula is C26H19FN8O3S2. The standard InChI is InChI=1S/C26H19FN8O3S2/c27-16-4-2-1-3-13(16)24-33-34-25(40-24)23(37)32-17-10-30-21-15-6-14(15)20(35(21)26(17)38)22(36)31-9-12-5-11-8-29-19(28)7-18(11)39-12/h1-5,7-8,10,14-15,20H,6,9H2,(H2,28,29)(H,31,36)(H,32,37)/t14-,15+,20+/m1/s1. The number of hydrogen-bond donors (Lipinski definition) is 3. The van der Waals surface area contributed by atoms with Crippen LogP contribution in [-0.4, -0.2) is 36.5 Å². The average molecular weight is 575 g/mol. The number of thiophene rings is 1. The van der Waals surface area contributed by atoms with Crippen LogP contribution in [0.5, 0.6) is 0 Å². The van der Waals surface area contributed by atoms with Crippen LogP contribution in [0.4, 0.5) is 15.9 Å². The van der Waals surface area contributed by atoms with Gasteiger partial charge in [-0.2, -0.15) is 0 Å². The molecule has 14 heteroatoms. The third kappa shape index (κ3) is 4.12. The van der Waals surface area contributed by atoms with Crippen molar-refractivity contribution in [3.05, 3.63) is 80.7 Å². The number of nitrogens with zero attached hydrogens (tertiary/aromatic N) is 5. The molecule has 3 atom stereocenters. The van der Waals surface area contributed by atoms with Gasteiger partial charge >= 0.3 is 0 Å². The van der Waals surface area contributed by atoms with Crippen molar-refractivity contribution in [3.63, 3.8) is 0 Å². The van der Waals surface area contributed by atoms with Gasteiger partial charge in [-0.15, -0.1) is 21.5 Å². The molecule has 1 saturated carbocycles. The van der Waals surface area contributed by atoms with E-state index >= 15 is 0 Å². The molecular weight excluding hydrogens is 555 g/mol. The third-order valence-corrected chi connectivity index (χ3v) is 9.08. The molecule has 2 amide bonds. The highest BCUT2D eigenvalue weighted by atomic mass is 32.1. The van der Waals surface area contributed by atoms with Crippen LogP contribution >= 0.6 is 22.7 Å². The Morgan fingerprint density at radius 1 is 1.12 bits per heavy atom. The van der Waals surface area contributed by atoms with Gasteiger partial charge in [-0.25, -0.2) is 14.4 Å². The Kier molecular flexibility index (Phi) is 5.68. The first-order valence-corrected chi connectivity index (χ1v) is 13.9. The second-order valence-electron chi connectivity index (χ2n) is 9.58. The van der Waals surface area contributed by atoms with Crippen molar-refractivity contribution in [2.75, 3.05) is 11.1 Å². The number of nitrogen functional groups attached to an aromatic ring is 1. The number of fused-ring (bicyclic) bond motifs is 4. The number of pyridine rings is 1. The zero-order valence-corrected chi connectivity index (χ0v) is 22.1. The second-order valence-corrected chi connectivity index (χ2v) is 11.7. The van der Waals surface area contributed by atoms with Gasteiger partial charge in [0.2, 0.25) is 10.9 Å². The van der Waals surface area contributed by atoms with E-state index in [4.69, 9.17) is 5.73 Å². The summed E-state index contributed by atoms with van der Waals surface area (Å²) in [6, 6.07) is 9.05. The number of halogens is 1. The van der Waals surface area contributed by atoms with E-state index in [1.54, 1.807) is 30.5 Å². The predicted octanol–water partition coefficient (Wildman–Crippen LogP) is 3.32. The molecule has 2 aliphatic rings. The fourth-order valence-corrected chi connectivity index (χ4v) is 6.87. The summed E-state index contributed by atoms with van der Waals surface area (Å²) in [6.45, 7) is 0.293. The molecule has 0 unspecified atom stereocenters. The molecule has 1 aliphatic carbocycles. The fraction of sp³-hybridized carbons (Fsp3) is 0.192.